The number of nitrogens with one attached hydrogen (secondary N) is 1. The molecule has 1 aromatic rings. The van der Waals surface area contributed by atoms with E-state index in [2.05, 4.69) is 21.2 Å². The summed E-state index contributed by atoms with van der Waals surface area (Å²) in [7, 11) is 0. The van der Waals surface area contributed by atoms with Gasteiger partial charge in [0, 0.05) is 22.3 Å². The van der Waals surface area contributed by atoms with Crippen LogP contribution in [-0.2, 0) is 0 Å². The van der Waals surface area contributed by atoms with Gasteiger partial charge in [0.05, 0.1) is 5.60 Å². The fraction of sp³-hybridized carbons (Fsp3) is 0.417. The predicted octanol–water partition coefficient (Wildman–Crippen LogP) is 1.68. The molecule has 1 aliphatic carbocycles. The van der Waals surface area contributed by atoms with Crippen molar-refractivity contribution in [2.24, 2.45) is 0 Å². The molecule has 1 aliphatic rings. The Kier molecular flexibility index (Phi) is 3.40. The molecular formula is C12H15BrN2O2. The molecule has 1 saturated carbocycles. The van der Waals surface area contributed by atoms with Gasteiger partial charge in [0.2, 0.25) is 0 Å². The smallest absolute Gasteiger partial charge is 0.251 e. The van der Waals surface area contributed by atoms with Crippen molar-refractivity contribution in [3.05, 3.63) is 28.2 Å². The molecule has 0 atom stereocenters. The monoisotopic (exact) mass is 298 g/mol. The van der Waals surface area contributed by atoms with E-state index in [-0.39, 0.29) is 5.91 Å². The predicted molar refractivity (Wildman–Crippen MR) is 69.7 cm³/mol. The number of carbonyl (C=O) groups is 1. The topological polar surface area (TPSA) is 75.4 Å². The van der Waals surface area contributed by atoms with Crippen LogP contribution < -0.4 is 11.1 Å². The van der Waals surface area contributed by atoms with E-state index in [1.807, 2.05) is 0 Å². The van der Waals surface area contributed by atoms with Gasteiger partial charge < -0.3 is 16.2 Å². The lowest BCUT2D eigenvalue weighted by Gasteiger charge is -2.36. The van der Waals surface area contributed by atoms with Crippen LogP contribution in [0.15, 0.2) is 22.7 Å². The first kappa shape index (κ1) is 12.4. The minimum absolute atomic E-state index is 0.204. The first-order chi connectivity index (χ1) is 8.00. The standard InChI is InChI=1S/C12H15BrN2O2/c13-9-3-2-8(6-10(9)14)11(16)15-7-12(17)4-1-5-12/h2-3,6,17H,1,4-5,7,14H2,(H,15,16). The number of nitrogens with two attached hydrogens (primary N) is 1. The van der Waals surface area contributed by atoms with Gasteiger partial charge in [0.1, 0.15) is 0 Å². The SMILES string of the molecule is Nc1cc(C(=O)NCC2(O)CCC2)ccc1Br. The normalized spacial score (nSPS) is 17.3. The summed E-state index contributed by atoms with van der Waals surface area (Å²) >= 11 is 3.27. The van der Waals surface area contributed by atoms with Crippen LogP contribution in [0.1, 0.15) is 29.6 Å². The first-order valence-corrected chi connectivity index (χ1v) is 6.35. The fourth-order valence-corrected chi connectivity index (χ4v) is 2.04. The average Bonchev–Trinajstić information content (AvgIpc) is 2.27. The number of nitrogen functional groups attached to an aromatic ring is 1. The maximum Gasteiger partial charge on any atom is 0.251 e. The molecule has 0 spiro atoms. The molecule has 1 aromatic carbocycles. The van der Waals surface area contributed by atoms with Crippen molar-refractivity contribution in [2.75, 3.05) is 12.3 Å². The maximum atomic E-state index is 11.8. The minimum Gasteiger partial charge on any atom is -0.398 e. The Hall–Kier alpha value is -1.07. The number of halogens is 1. The molecule has 4 N–H and O–H groups in total. The third kappa shape index (κ3) is 2.79. The lowest BCUT2D eigenvalue weighted by Crippen LogP contribution is -2.47. The fourth-order valence-electron chi connectivity index (χ4n) is 1.79. The molecule has 5 heteroatoms. The van der Waals surface area contributed by atoms with Gasteiger partial charge in [-0.1, -0.05) is 0 Å². The number of anilines is 1. The van der Waals surface area contributed by atoms with E-state index in [1.54, 1.807) is 18.2 Å². The highest BCUT2D eigenvalue weighted by Crippen LogP contribution is 2.30. The Morgan fingerprint density at radius 2 is 2.24 bits per heavy atom. The van der Waals surface area contributed by atoms with Gasteiger partial charge in [-0.2, -0.15) is 0 Å². The van der Waals surface area contributed by atoms with Crippen LogP contribution in [0.4, 0.5) is 5.69 Å². The molecule has 0 aliphatic heterocycles. The van der Waals surface area contributed by atoms with Gasteiger partial charge in [-0.15, -0.1) is 0 Å². The third-order valence-corrected chi connectivity index (χ3v) is 3.84. The van der Waals surface area contributed by atoms with Crippen molar-refractivity contribution >= 4 is 27.5 Å². The van der Waals surface area contributed by atoms with Gasteiger partial charge in [-0.3, -0.25) is 4.79 Å². The number of amides is 1. The average molecular weight is 299 g/mol. The molecule has 0 heterocycles. The van der Waals surface area contributed by atoms with Gasteiger partial charge >= 0.3 is 0 Å². The summed E-state index contributed by atoms with van der Waals surface area (Å²) in [6, 6.07) is 5.05. The number of hydrogen-bond acceptors (Lipinski definition) is 3. The summed E-state index contributed by atoms with van der Waals surface area (Å²) in [5.41, 5.74) is 6.04. The molecule has 2 rings (SSSR count). The Labute approximate surface area is 108 Å². The van der Waals surface area contributed by atoms with Crippen LogP contribution in [0.2, 0.25) is 0 Å². The van der Waals surface area contributed by atoms with Gasteiger partial charge in [-0.05, 0) is 53.4 Å². The highest BCUT2D eigenvalue weighted by atomic mass is 79.9. The van der Waals surface area contributed by atoms with Gasteiger partial charge in [-0.25, -0.2) is 0 Å². The van der Waals surface area contributed by atoms with Crippen LogP contribution >= 0.6 is 15.9 Å². The van der Waals surface area contributed by atoms with Crippen LogP contribution in [0.5, 0.6) is 0 Å². The first-order valence-electron chi connectivity index (χ1n) is 5.56. The molecule has 92 valence electrons. The Bertz CT molecular complexity index is 444. The summed E-state index contributed by atoms with van der Waals surface area (Å²) in [5.74, 6) is -0.204. The molecule has 4 nitrogen and oxygen atoms in total. The Balaban J connectivity index is 1.97. The molecule has 0 aromatic heterocycles. The van der Waals surface area contributed by atoms with Crippen LogP contribution in [0, 0.1) is 0 Å². The highest BCUT2D eigenvalue weighted by Gasteiger charge is 2.34. The van der Waals surface area contributed by atoms with Crippen molar-refractivity contribution in [1.29, 1.82) is 0 Å². The zero-order valence-electron chi connectivity index (χ0n) is 9.37. The lowest BCUT2D eigenvalue weighted by molar-refractivity contribution is -0.0300. The van der Waals surface area contributed by atoms with Crippen LogP contribution in [0.3, 0.4) is 0 Å². The molecule has 0 bridgehead atoms. The molecule has 0 saturated heterocycles. The second-order valence-corrected chi connectivity index (χ2v) is 5.35. The Morgan fingerprint density at radius 3 is 2.76 bits per heavy atom. The van der Waals surface area contributed by atoms with E-state index in [4.69, 9.17) is 5.73 Å². The second-order valence-electron chi connectivity index (χ2n) is 4.50. The molecule has 17 heavy (non-hydrogen) atoms. The summed E-state index contributed by atoms with van der Waals surface area (Å²) in [6.07, 6.45) is 2.54. The van der Waals surface area contributed by atoms with Crippen molar-refractivity contribution in [3.8, 4) is 0 Å². The maximum absolute atomic E-state index is 11.8. The third-order valence-electron chi connectivity index (χ3n) is 3.12. The van der Waals surface area contributed by atoms with E-state index >= 15 is 0 Å². The summed E-state index contributed by atoms with van der Waals surface area (Å²) in [5, 5.41) is 12.6. The largest absolute Gasteiger partial charge is 0.398 e. The van der Waals surface area contributed by atoms with E-state index < -0.39 is 5.60 Å². The number of rotatable bonds is 3. The number of benzene rings is 1. The van der Waals surface area contributed by atoms with Gasteiger partial charge in [0.15, 0.2) is 0 Å². The second kappa shape index (κ2) is 4.66. The summed E-state index contributed by atoms with van der Waals surface area (Å²) in [6.45, 7) is 0.307. The number of carbonyl (C=O) groups excluding carboxylic acids is 1. The molecule has 1 fully saturated rings. The molecular weight excluding hydrogens is 284 g/mol. The van der Waals surface area contributed by atoms with E-state index in [1.165, 1.54) is 0 Å². The minimum atomic E-state index is -0.698. The van der Waals surface area contributed by atoms with Crippen molar-refractivity contribution in [1.82, 2.24) is 5.32 Å². The lowest BCUT2D eigenvalue weighted by atomic mass is 9.80. The van der Waals surface area contributed by atoms with Crippen LogP contribution in [-0.4, -0.2) is 23.2 Å². The Morgan fingerprint density at radius 1 is 1.53 bits per heavy atom. The molecule has 0 radical (unpaired) electrons. The van der Waals surface area contributed by atoms with E-state index in [0.717, 1.165) is 23.7 Å². The van der Waals surface area contributed by atoms with Gasteiger partial charge in [0.25, 0.3) is 5.91 Å². The zero-order chi connectivity index (χ0) is 12.5. The zero-order valence-corrected chi connectivity index (χ0v) is 11.0. The number of aliphatic hydroxyl groups is 1. The van der Waals surface area contributed by atoms with E-state index in [9.17, 15) is 9.90 Å². The summed E-state index contributed by atoms with van der Waals surface area (Å²) in [4.78, 5) is 11.8. The van der Waals surface area contributed by atoms with Crippen molar-refractivity contribution in [2.45, 2.75) is 24.9 Å². The highest BCUT2D eigenvalue weighted by molar-refractivity contribution is 9.10. The van der Waals surface area contributed by atoms with Crippen molar-refractivity contribution in [3.63, 3.8) is 0 Å². The van der Waals surface area contributed by atoms with Crippen LogP contribution in [0.25, 0.3) is 0 Å². The molecule has 1 amide bonds. The van der Waals surface area contributed by atoms with Crippen molar-refractivity contribution < 1.29 is 9.90 Å². The van der Waals surface area contributed by atoms with E-state index in [0.29, 0.717) is 17.8 Å². The number of hydrogen-bond donors (Lipinski definition) is 3. The molecule has 0 unspecified atom stereocenters. The summed E-state index contributed by atoms with van der Waals surface area (Å²) < 4.78 is 0.770. The quantitative estimate of drug-likeness (QED) is 0.743.